The van der Waals surface area contributed by atoms with Crippen molar-refractivity contribution in [2.45, 2.75) is 26.3 Å². The quantitative estimate of drug-likeness (QED) is 0.734. The number of amides is 1. The number of benzene rings is 1. The van der Waals surface area contributed by atoms with E-state index in [1.807, 2.05) is 36.4 Å². The van der Waals surface area contributed by atoms with E-state index in [0.29, 0.717) is 18.7 Å². The Bertz CT molecular complexity index is 582. The van der Waals surface area contributed by atoms with Crippen molar-refractivity contribution in [1.29, 1.82) is 0 Å². The number of carbonyl (C=O) groups is 1. The van der Waals surface area contributed by atoms with E-state index >= 15 is 0 Å². The van der Waals surface area contributed by atoms with E-state index in [2.05, 4.69) is 11.9 Å². The molecule has 1 amide bonds. The molecule has 1 aromatic carbocycles. The molecule has 22 heavy (non-hydrogen) atoms. The van der Waals surface area contributed by atoms with Gasteiger partial charge in [0.25, 0.3) is 5.91 Å². The standard InChI is InChI=1S/C18H22N2O2/c1-3-4-12-22-17-9-7-16(8-10-17)18(21)20(2)14-15-6-5-11-19-13-15/h5-11,13H,3-4,12,14H2,1-2H3. The summed E-state index contributed by atoms with van der Waals surface area (Å²) in [6, 6.07) is 11.1. The molecule has 0 atom stereocenters. The molecule has 0 spiro atoms. The van der Waals surface area contributed by atoms with Gasteiger partial charge in [0.05, 0.1) is 6.61 Å². The fraction of sp³-hybridized carbons (Fsp3) is 0.333. The van der Waals surface area contributed by atoms with Crippen molar-refractivity contribution in [3.63, 3.8) is 0 Å². The van der Waals surface area contributed by atoms with Crippen molar-refractivity contribution in [2.24, 2.45) is 0 Å². The predicted molar refractivity (Wildman–Crippen MR) is 86.9 cm³/mol. The summed E-state index contributed by atoms with van der Waals surface area (Å²) in [6.07, 6.45) is 5.64. The van der Waals surface area contributed by atoms with Gasteiger partial charge >= 0.3 is 0 Å². The summed E-state index contributed by atoms with van der Waals surface area (Å²) < 4.78 is 5.60. The number of hydrogen-bond acceptors (Lipinski definition) is 3. The molecule has 0 saturated carbocycles. The highest BCUT2D eigenvalue weighted by molar-refractivity contribution is 5.94. The van der Waals surface area contributed by atoms with Crippen molar-refractivity contribution < 1.29 is 9.53 Å². The van der Waals surface area contributed by atoms with E-state index < -0.39 is 0 Å². The Balaban J connectivity index is 1.94. The zero-order valence-electron chi connectivity index (χ0n) is 13.2. The Morgan fingerprint density at radius 1 is 1.23 bits per heavy atom. The monoisotopic (exact) mass is 298 g/mol. The van der Waals surface area contributed by atoms with Gasteiger partial charge in [-0.3, -0.25) is 9.78 Å². The Labute approximate surface area is 131 Å². The lowest BCUT2D eigenvalue weighted by Gasteiger charge is -2.17. The van der Waals surface area contributed by atoms with Gasteiger partial charge in [0.2, 0.25) is 0 Å². The van der Waals surface area contributed by atoms with E-state index in [-0.39, 0.29) is 5.91 Å². The van der Waals surface area contributed by atoms with Gasteiger partial charge in [0, 0.05) is 31.5 Å². The first-order valence-corrected chi connectivity index (χ1v) is 7.58. The SMILES string of the molecule is CCCCOc1ccc(C(=O)N(C)Cc2cccnc2)cc1. The minimum atomic E-state index is -0.0102. The topological polar surface area (TPSA) is 42.4 Å². The molecule has 1 aromatic heterocycles. The zero-order chi connectivity index (χ0) is 15.8. The molecule has 2 rings (SSSR count). The van der Waals surface area contributed by atoms with Crippen LogP contribution in [0.15, 0.2) is 48.8 Å². The van der Waals surface area contributed by atoms with Crippen LogP contribution in [-0.2, 0) is 6.54 Å². The van der Waals surface area contributed by atoms with Crippen LogP contribution in [0.1, 0.15) is 35.7 Å². The lowest BCUT2D eigenvalue weighted by molar-refractivity contribution is 0.0785. The highest BCUT2D eigenvalue weighted by atomic mass is 16.5. The van der Waals surface area contributed by atoms with Gasteiger partial charge in [-0.2, -0.15) is 0 Å². The van der Waals surface area contributed by atoms with Crippen LogP contribution in [0.2, 0.25) is 0 Å². The molecule has 0 aliphatic heterocycles. The van der Waals surface area contributed by atoms with Gasteiger partial charge in [-0.1, -0.05) is 19.4 Å². The highest BCUT2D eigenvalue weighted by Crippen LogP contribution is 2.14. The van der Waals surface area contributed by atoms with Crippen LogP contribution in [0.3, 0.4) is 0 Å². The van der Waals surface area contributed by atoms with Crippen molar-refractivity contribution in [3.8, 4) is 5.75 Å². The van der Waals surface area contributed by atoms with Crippen molar-refractivity contribution >= 4 is 5.91 Å². The fourth-order valence-electron chi connectivity index (χ4n) is 2.09. The van der Waals surface area contributed by atoms with E-state index in [4.69, 9.17) is 4.74 Å². The van der Waals surface area contributed by atoms with Crippen molar-refractivity contribution in [3.05, 3.63) is 59.9 Å². The van der Waals surface area contributed by atoms with Crippen molar-refractivity contribution in [2.75, 3.05) is 13.7 Å². The summed E-state index contributed by atoms with van der Waals surface area (Å²) in [5.74, 6) is 0.795. The van der Waals surface area contributed by atoms with Gasteiger partial charge in [0.1, 0.15) is 5.75 Å². The number of aromatic nitrogens is 1. The molecule has 0 N–H and O–H groups in total. The van der Waals surface area contributed by atoms with Gasteiger partial charge < -0.3 is 9.64 Å². The molecule has 0 bridgehead atoms. The van der Waals surface area contributed by atoms with Gasteiger partial charge in [0.15, 0.2) is 0 Å². The fourth-order valence-corrected chi connectivity index (χ4v) is 2.09. The maximum absolute atomic E-state index is 12.4. The average molecular weight is 298 g/mol. The number of ether oxygens (including phenoxy) is 1. The second-order valence-electron chi connectivity index (χ2n) is 5.25. The summed E-state index contributed by atoms with van der Waals surface area (Å²) in [6.45, 7) is 3.38. The average Bonchev–Trinajstić information content (AvgIpc) is 2.56. The lowest BCUT2D eigenvalue weighted by atomic mass is 10.2. The summed E-state index contributed by atoms with van der Waals surface area (Å²) in [5, 5.41) is 0. The number of hydrogen-bond donors (Lipinski definition) is 0. The first kappa shape index (κ1) is 16.0. The highest BCUT2D eigenvalue weighted by Gasteiger charge is 2.12. The molecule has 4 heteroatoms. The van der Waals surface area contributed by atoms with Crippen LogP contribution in [-0.4, -0.2) is 29.4 Å². The summed E-state index contributed by atoms with van der Waals surface area (Å²) in [7, 11) is 1.79. The summed E-state index contributed by atoms with van der Waals surface area (Å²) >= 11 is 0. The van der Waals surface area contributed by atoms with Crippen LogP contribution in [0.25, 0.3) is 0 Å². The van der Waals surface area contributed by atoms with Gasteiger partial charge in [-0.15, -0.1) is 0 Å². The molecular weight excluding hydrogens is 276 g/mol. The number of rotatable bonds is 7. The Kier molecular flexibility index (Phi) is 5.95. The third-order valence-corrected chi connectivity index (χ3v) is 3.36. The summed E-state index contributed by atoms with van der Waals surface area (Å²) in [4.78, 5) is 18.1. The van der Waals surface area contributed by atoms with Gasteiger partial charge in [-0.05, 0) is 42.3 Å². The van der Waals surface area contributed by atoms with E-state index in [1.54, 1.807) is 24.3 Å². The molecule has 1 heterocycles. The number of pyridine rings is 1. The number of nitrogens with zero attached hydrogens (tertiary/aromatic N) is 2. The van der Waals surface area contributed by atoms with Crippen LogP contribution >= 0.6 is 0 Å². The normalized spacial score (nSPS) is 10.3. The summed E-state index contributed by atoms with van der Waals surface area (Å²) in [5.41, 5.74) is 1.67. The number of unbranched alkanes of at least 4 members (excludes halogenated alkanes) is 1. The van der Waals surface area contributed by atoms with Crippen LogP contribution in [0.5, 0.6) is 5.75 Å². The second kappa shape index (κ2) is 8.17. The second-order valence-corrected chi connectivity index (χ2v) is 5.25. The van der Waals surface area contributed by atoms with Crippen LogP contribution in [0, 0.1) is 0 Å². The predicted octanol–water partition coefficient (Wildman–Crippen LogP) is 3.53. The van der Waals surface area contributed by atoms with Crippen LogP contribution in [0.4, 0.5) is 0 Å². The molecule has 0 aliphatic rings. The third kappa shape index (κ3) is 4.58. The van der Waals surface area contributed by atoms with Crippen molar-refractivity contribution in [1.82, 2.24) is 9.88 Å². The number of carbonyl (C=O) groups excluding carboxylic acids is 1. The molecular formula is C18H22N2O2. The third-order valence-electron chi connectivity index (χ3n) is 3.36. The Morgan fingerprint density at radius 3 is 2.64 bits per heavy atom. The molecule has 0 aliphatic carbocycles. The molecule has 0 fully saturated rings. The van der Waals surface area contributed by atoms with E-state index in [9.17, 15) is 4.79 Å². The molecule has 2 aromatic rings. The first-order valence-electron chi connectivity index (χ1n) is 7.58. The van der Waals surface area contributed by atoms with E-state index in [0.717, 1.165) is 24.2 Å². The van der Waals surface area contributed by atoms with Gasteiger partial charge in [-0.25, -0.2) is 0 Å². The smallest absolute Gasteiger partial charge is 0.253 e. The largest absolute Gasteiger partial charge is 0.494 e. The lowest BCUT2D eigenvalue weighted by Crippen LogP contribution is -2.26. The minimum absolute atomic E-state index is 0.0102. The molecule has 0 radical (unpaired) electrons. The molecule has 4 nitrogen and oxygen atoms in total. The Morgan fingerprint density at radius 2 is 2.00 bits per heavy atom. The molecule has 0 saturated heterocycles. The maximum atomic E-state index is 12.4. The van der Waals surface area contributed by atoms with E-state index in [1.165, 1.54) is 0 Å². The minimum Gasteiger partial charge on any atom is -0.494 e. The Hall–Kier alpha value is -2.36. The molecule has 116 valence electrons. The molecule has 0 unspecified atom stereocenters. The maximum Gasteiger partial charge on any atom is 0.253 e. The van der Waals surface area contributed by atoms with Crippen LogP contribution < -0.4 is 4.74 Å². The first-order chi connectivity index (χ1) is 10.7. The zero-order valence-corrected chi connectivity index (χ0v) is 13.2.